The van der Waals surface area contributed by atoms with Crippen molar-refractivity contribution >= 4 is 40.4 Å². The molecular formula is C13H17ClN2O2S. The zero-order chi connectivity index (χ0) is 14.6. The van der Waals surface area contributed by atoms with Crippen molar-refractivity contribution in [2.75, 3.05) is 12.4 Å². The second-order valence-corrected chi connectivity index (χ2v) is 5.34. The first-order valence-electron chi connectivity index (χ1n) is 5.80. The highest BCUT2D eigenvalue weighted by Gasteiger charge is 2.25. The average Bonchev–Trinajstić information content (AvgIpc) is 2.30. The molecule has 0 saturated carbocycles. The van der Waals surface area contributed by atoms with Gasteiger partial charge in [0.1, 0.15) is 5.75 Å². The fraction of sp³-hybridized carbons (Fsp3) is 0.385. The van der Waals surface area contributed by atoms with Crippen LogP contribution < -0.4 is 15.8 Å². The minimum atomic E-state index is -0.530. The van der Waals surface area contributed by atoms with Crippen LogP contribution in [0.25, 0.3) is 0 Å². The molecule has 0 bridgehead atoms. The van der Waals surface area contributed by atoms with Crippen LogP contribution in [0.15, 0.2) is 18.2 Å². The second kappa shape index (κ2) is 6.73. The standard InChI is InChI=1S/C13H17ClN2O2S/c1-7(2)11(12(15)19)13(17)16-10-6-8(18-3)4-5-9(10)14/h4-7,11H,1-3H3,(H2,15,19)(H,16,17). The Hall–Kier alpha value is -1.33. The molecule has 3 N–H and O–H groups in total. The Morgan fingerprint density at radius 2 is 2.11 bits per heavy atom. The minimum absolute atomic E-state index is 0.0156. The monoisotopic (exact) mass is 300 g/mol. The molecule has 1 atom stereocenters. The number of hydrogen-bond acceptors (Lipinski definition) is 3. The van der Waals surface area contributed by atoms with Gasteiger partial charge in [-0.3, -0.25) is 4.79 Å². The second-order valence-electron chi connectivity index (χ2n) is 4.46. The zero-order valence-electron chi connectivity index (χ0n) is 11.1. The summed E-state index contributed by atoms with van der Waals surface area (Å²) in [5, 5.41) is 3.16. The molecule has 1 amide bonds. The van der Waals surface area contributed by atoms with Gasteiger partial charge in [-0.25, -0.2) is 0 Å². The van der Waals surface area contributed by atoms with Gasteiger partial charge in [0.25, 0.3) is 0 Å². The molecule has 0 aliphatic rings. The number of ether oxygens (including phenoxy) is 1. The molecule has 0 aromatic heterocycles. The highest BCUT2D eigenvalue weighted by molar-refractivity contribution is 7.80. The minimum Gasteiger partial charge on any atom is -0.497 e. The lowest BCUT2D eigenvalue weighted by Crippen LogP contribution is -2.36. The van der Waals surface area contributed by atoms with Gasteiger partial charge in [0, 0.05) is 6.07 Å². The summed E-state index contributed by atoms with van der Waals surface area (Å²) in [4.78, 5) is 12.3. The molecule has 1 aromatic rings. The highest BCUT2D eigenvalue weighted by atomic mass is 35.5. The van der Waals surface area contributed by atoms with Crippen molar-refractivity contribution in [2.45, 2.75) is 13.8 Å². The summed E-state index contributed by atoms with van der Waals surface area (Å²) in [7, 11) is 1.54. The lowest BCUT2D eigenvalue weighted by molar-refractivity contribution is -0.118. The maximum Gasteiger partial charge on any atom is 0.234 e. The molecule has 0 aliphatic carbocycles. The van der Waals surface area contributed by atoms with E-state index in [-0.39, 0.29) is 16.8 Å². The maximum atomic E-state index is 12.2. The molecule has 1 rings (SSSR count). The Kier molecular flexibility index (Phi) is 5.57. The molecule has 6 heteroatoms. The van der Waals surface area contributed by atoms with Crippen LogP contribution in [0.2, 0.25) is 5.02 Å². The number of hydrogen-bond donors (Lipinski definition) is 2. The third-order valence-electron chi connectivity index (χ3n) is 2.69. The number of anilines is 1. The number of amides is 1. The first-order valence-corrected chi connectivity index (χ1v) is 6.59. The molecule has 0 heterocycles. The number of rotatable bonds is 5. The van der Waals surface area contributed by atoms with Crippen LogP contribution in [0.1, 0.15) is 13.8 Å². The Morgan fingerprint density at radius 3 is 2.58 bits per heavy atom. The van der Waals surface area contributed by atoms with E-state index >= 15 is 0 Å². The van der Waals surface area contributed by atoms with Crippen LogP contribution in [0.3, 0.4) is 0 Å². The van der Waals surface area contributed by atoms with E-state index in [1.54, 1.807) is 25.3 Å². The number of benzene rings is 1. The number of thiocarbonyl (C=S) groups is 1. The van der Waals surface area contributed by atoms with Gasteiger partial charge >= 0.3 is 0 Å². The SMILES string of the molecule is COc1ccc(Cl)c(NC(=O)C(C(N)=S)C(C)C)c1. The number of nitrogens with two attached hydrogens (primary N) is 1. The molecule has 0 radical (unpaired) electrons. The summed E-state index contributed by atoms with van der Waals surface area (Å²) in [6.07, 6.45) is 0. The van der Waals surface area contributed by atoms with Gasteiger partial charge in [0.15, 0.2) is 0 Å². The molecule has 0 fully saturated rings. The van der Waals surface area contributed by atoms with Crippen molar-refractivity contribution in [1.82, 2.24) is 0 Å². The van der Waals surface area contributed by atoms with Gasteiger partial charge < -0.3 is 15.8 Å². The molecule has 104 valence electrons. The zero-order valence-corrected chi connectivity index (χ0v) is 12.6. The summed E-state index contributed by atoms with van der Waals surface area (Å²) in [5.41, 5.74) is 6.08. The van der Waals surface area contributed by atoms with Crippen LogP contribution >= 0.6 is 23.8 Å². The normalized spacial score (nSPS) is 12.1. The quantitative estimate of drug-likeness (QED) is 0.821. The van der Waals surface area contributed by atoms with Crippen molar-refractivity contribution < 1.29 is 9.53 Å². The topological polar surface area (TPSA) is 64.3 Å². The van der Waals surface area contributed by atoms with Gasteiger partial charge in [0.05, 0.1) is 28.7 Å². The first kappa shape index (κ1) is 15.7. The van der Waals surface area contributed by atoms with Gasteiger partial charge in [-0.15, -0.1) is 0 Å². The average molecular weight is 301 g/mol. The van der Waals surface area contributed by atoms with E-state index < -0.39 is 5.92 Å². The van der Waals surface area contributed by atoms with E-state index in [9.17, 15) is 4.79 Å². The fourth-order valence-corrected chi connectivity index (χ4v) is 2.24. The molecule has 0 saturated heterocycles. The van der Waals surface area contributed by atoms with Crippen molar-refractivity contribution in [3.05, 3.63) is 23.2 Å². The molecule has 1 aromatic carbocycles. The predicted molar refractivity (Wildman–Crippen MR) is 81.7 cm³/mol. The van der Waals surface area contributed by atoms with E-state index in [1.165, 1.54) is 0 Å². The Balaban J connectivity index is 2.95. The van der Waals surface area contributed by atoms with Crippen molar-refractivity contribution in [3.8, 4) is 5.75 Å². The van der Waals surface area contributed by atoms with Gasteiger partial charge in [-0.05, 0) is 18.1 Å². The summed E-state index contributed by atoms with van der Waals surface area (Å²) in [5.74, 6) is -0.173. The van der Waals surface area contributed by atoms with Gasteiger partial charge in [0.2, 0.25) is 5.91 Å². The lowest BCUT2D eigenvalue weighted by Gasteiger charge is -2.19. The van der Waals surface area contributed by atoms with Gasteiger partial charge in [-0.2, -0.15) is 0 Å². The smallest absolute Gasteiger partial charge is 0.234 e. The molecular weight excluding hydrogens is 284 g/mol. The fourth-order valence-electron chi connectivity index (χ4n) is 1.70. The van der Waals surface area contributed by atoms with Crippen molar-refractivity contribution in [3.63, 3.8) is 0 Å². The third kappa shape index (κ3) is 4.08. The number of carbonyl (C=O) groups is 1. The van der Waals surface area contributed by atoms with Crippen molar-refractivity contribution in [1.29, 1.82) is 0 Å². The number of nitrogens with one attached hydrogen (secondary N) is 1. The van der Waals surface area contributed by atoms with Crippen LogP contribution in [0, 0.1) is 11.8 Å². The third-order valence-corrected chi connectivity index (χ3v) is 3.27. The maximum absolute atomic E-state index is 12.2. The predicted octanol–water partition coefficient (Wildman–Crippen LogP) is 2.85. The Labute approximate surface area is 123 Å². The number of carbonyl (C=O) groups excluding carboxylic acids is 1. The summed E-state index contributed by atoms with van der Waals surface area (Å²) < 4.78 is 5.09. The van der Waals surface area contributed by atoms with E-state index in [0.717, 1.165) is 0 Å². The van der Waals surface area contributed by atoms with E-state index in [2.05, 4.69) is 5.32 Å². The van der Waals surface area contributed by atoms with E-state index in [1.807, 2.05) is 13.8 Å². The molecule has 0 spiro atoms. The van der Waals surface area contributed by atoms with Crippen LogP contribution in [-0.2, 0) is 4.79 Å². The number of methoxy groups -OCH3 is 1. The molecule has 19 heavy (non-hydrogen) atoms. The van der Waals surface area contributed by atoms with Crippen molar-refractivity contribution in [2.24, 2.45) is 17.6 Å². The Bertz CT molecular complexity index is 492. The van der Waals surface area contributed by atoms with Crippen LogP contribution in [0.5, 0.6) is 5.75 Å². The first-order chi connectivity index (χ1) is 8.86. The molecule has 1 unspecified atom stereocenters. The van der Waals surface area contributed by atoms with E-state index in [0.29, 0.717) is 16.5 Å². The largest absolute Gasteiger partial charge is 0.497 e. The molecule has 0 aliphatic heterocycles. The van der Waals surface area contributed by atoms with E-state index in [4.69, 9.17) is 34.3 Å². The van der Waals surface area contributed by atoms with Crippen LogP contribution in [0.4, 0.5) is 5.69 Å². The van der Waals surface area contributed by atoms with Crippen LogP contribution in [-0.4, -0.2) is 18.0 Å². The Morgan fingerprint density at radius 1 is 1.47 bits per heavy atom. The summed E-state index contributed by atoms with van der Waals surface area (Å²) in [6.45, 7) is 3.77. The highest BCUT2D eigenvalue weighted by Crippen LogP contribution is 2.27. The molecule has 4 nitrogen and oxygen atoms in total. The number of halogens is 1. The lowest BCUT2D eigenvalue weighted by atomic mass is 9.95. The van der Waals surface area contributed by atoms with Gasteiger partial charge in [-0.1, -0.05) is 37.7 Å². The summed E-state index contributed by atoms with van der Waals surface area (Å²) in [6, 6.07) is 5.02. The summed E-state index contributed by atoms with van der Waals surface area (Å²) >= 11 is 11.0.